The van der Waals surface area contributed by atoms with Crippen LogP contribution < -0.4 is 0 Å². The lowest BCUT2D eigenvalue weighted by Crippen LogP contribution is -2.04. The summed E-state index contributed by atoms with van der Waals surface area (Å²) in [7, 11) is 1.89. The van der Waals surface area contributed by atoms with Gasteiger partial charge < -0.3 is 5.11 Å². The van der Waals surface area contributed by atoms with Gasteiger partial charge in [-0.3, -0.25) is 4.68 Å². The molecule has 0 radical (unpaired) electrons. The molecule has 1 N–H and O–H groups in total. The molecule has 0 bridgehead atoms. The van der Waals surface area contributed by atoms with E-state index in [1.807, 2.05) is 13.1 Å². The van der Waals surface area contributed by atoms with Gasteiger partial charge in [0.25, 0.3) is 0 Å². The van der Waals surface area contributed by atoms with Gasteiger partial charge in [0.2, 0.25) is 0 Å². The quantitative estimate of drug-likeness (QED) is 0.784. The third-order valence-corrected chi connectivity index (χ3v) is 2.50. The van der Waals surface area contributed by atoms with Crippen LogP contribution in [0.25, 0.3) is 0 Å². The van der Waals surface area contributed by atoms with Crippen molar-refractivity contribution in [3.05, 3.63) is 17.5 Å². The van der Waals surface area contributed by atoms with E-state index in [0.717, 1.165) is 37.1 Å². The minimum absolute atomic E-state index is 0.354. The summed E-state index contributed by atoms with van der Waals surface area (Å²) in [6.45, 7) is 4.21. The molecule has 1 unspecified atom stereocenters. The van der Waals surface area contributed by atoms with Gasteiger partial charge in [0, 0.05) is 7.05 Å². The zero-order valence-electron chi connectivity index (χ0n) is 9.32. The molecule has 0 fully saturated rings. The van der Waals surface area contributed by atoms with Crippen molar-refractivity contribution < 1.29 is 5.11 Å². The normalized spacial score (nSPS) is 13.1. The molecule has 0 aliphatic heterocycles. The Hall–Kier alpha value is -0.830. The molecule has 1 rings (SSSR count). The SMILES string of the molecule is CCCCC(O)c1cc(CC)nn1C. The van der Waals surface area contributed by atoms with Crippen LogP contribution in [0.1, 0.15) is 50.6 Å². The number of aliphatic hydroxyl groups is 1. The Bertz CT molecular complexity index is 281. The van der Waals surface area contributed by atoms with Gasteiger partial charge in [-0.15, -0.1) is 0 Å². The predicted octanol–water partition coefficient (Wildman–Crippen LogP) is 2.21. The van der Waals surface area contributed by atoms with Crippen molar-refractivity contribution in [1.29, 1.82) is 0 Å². The fourth-order valence-corrected chi connectivity index (χ4v) is 1.57. The highest BCUT2D eigenvalue weighted by Gasteiger charge is 2.12. The molecule has 1 aromatic heterocycles. The van der Waals surface area contributed by atoms with Gasteiger partial charge in [0.1, 0.15) is 0 Å². The van der Waals surface area contributed by atoms with E-state index in [0.29, 0.717) is 0 Å². The average Bonchev–Trinajstić information content (AvgIpc) is 2.56. The molecule has 1 atom stereocenters. The van der Waals surface area contributed by atoms with Crippen molar-refractivity contribution in [3.63, 3.8) is 0 Å². The van der Waals surface area contributed by atoms with Crippen LogP contribution >= 0.6 is 0 Å². The molecule has 0 spiro atoms. The van der Waals surface area contributed by atoms with Crippen LogP contribution in [-0.4, -0.2) is 14.9 Å². The zero-order chi connectivity index (χ0) is 10.6. The molecule has 0 aliphatic carbocycles. The Kier molecular flexibility index (Phi) is 4.14. The van der Waals surface area contributed by atoms with Gasteiger partial charge in [-0.25, -0.2) is 0 Å². The highest BCUT2D eigenvalue weighted by atomic mass is 16.3. The molecule has 1 heterocycles. The monoisotopic (exact) mass is 196 g/mol. The molecular weight excluding hydrogens is 176 g/mol. The van der Waals surface area contributed by atoms with E-state index in [1.165, 1.54) is 0 Å². The summed E-state index contributed by atoms with van der Waals surface area (Å²) < 4.78 is 1.79. The van der Waals surface area contributed by atoms with Gasteiger partial charge in [-0.05, 0) is 18.9 Å². The second-order valence-electron chi connectivity index (χ2n) is 3.70. The van der Waals surface area contributed by atoms with E-state index >= 15 is 0 Å². The number of nitrogens with zero attached hydrogens (tertiary/aromatic N) is 2. The summed E-state index contributed by atoms with van der Waals surface area (Å²) in [6, 6.07) is 2.00. The van der Waals surface area contributed by atoms with Crippen LogP contribution in [0.5, 0.6) is 0 Å². The Morgan fingerprint density at radius 1 is 1.50 bits per heavy atom. The van der Waals surface area contributed by atoms with Crippen molar-refractivity contribution >= 4 is 0 Å². The van der Waals surface area contributed by atoms with Crippen molar-refractivity contribution in [3.8, 4) is 0 Å². The van der Waals surface area contributed by atoms with Crippen LogP contribution in [0.3, 0.4) is 0 Å². The Balaban J connectivity index is 2.68. The number of aromatic nitrogens is 2. The Morgan fingerprint density at radius 3 is 2.71 bits per heavy atom. The standard InChI is InChI=1S/C11H20N2O/c1-4-6-7-11(14)10-8-9(5-2)12-13(10)3/h8,11,14H,4-7H2,1-3H3. The maximum Gasteiger partial charge on any atom is 0.0956 e. The molecule has 0 saturated carbocycles. The highest BCUT2D eigenvalue weighted by Crippen LogP contribution is 2.19. The van der Waals surface area contributed by atoms with Gasteiger partial charge >= 0.3 is 0 Å². The molecule has 1 aromatic rings. The maximum absolute atomic E-state index is 9.88. The number of aliphatic hydroxyl groups excluding tert-OH is 1. The molecule has 0 aliphatic rings. The van der Waals surface area contributed by atoms with Crippen LogP contribution in [0.2, 0.25) is 0 Å². The predicted molar refractivity (Wildman–Crippen MR) is 57.1 cm³/mol. The molecule has 3 nitrogen and oxygen atoms in total. The van der Waals surface area contributed by atoms with Gasteiger partial charge in [0.15, 0.2) is 0 Å². The fourth-order valence-electron chi connectivity index (χ4n) is 1.57. The summed E-state index contributed by atoms with van der Waals surface area (Å²) in [6.07, 6.45) is 3.59. The van der Waals surface area contributed by atoms with Crippen LogP contribution in [0, 0.1) is 0 Å². The first-order chi connectivity index (χ1) is 6.69. The highest BCUT2D eigenvalue weighted by molar-refractivity contribution is 5.12. The topological polar surface area (TPSA) is 38.1 Å². The lowest BCUT2D eigenvalue weighted by molar-refractivity contribution is 0.155. The molecule has 0 saturated heterocycles. The lowest BCUT2D eigenvalue weighted by Gasteiger charge is -2.09. The minimum Gasteiger partial charge on any atom is -0.387 e. The number of aryl methyl sites for hydroxylation is 2. The Labute approximate surface area is 85.8 Å². The minimum atomic E-state index is -0.354. The maximum atomic E-state index is 9.88. The molecule has 0 amide bonds. The first-order valence-corrected chi connectivity index (χ1v) is 5.39. The molecule has 3 heteroatoms. The third-order valence-electron chi connectivity index (χ3n) is 2.50. The van der Waals surface area contributed by atoms with Gasteiger partial charge in [-0.1, -0.05) is 26.7 Å². The number of unbranched alkanes of at least 4 members (excludes halogenated alkanes) is 1. The fraction of sp³-hybridized carbons (Fsp3) is 0.727. The summed E-state index contributed by atoms with van der Waals surface area (Å²) in [5.41, 5.74) is 1.99. The summed E-state index contributed by atoms with van der Waals surface area (Å²) in [4.78, 5) is 0. The summed E-state index contributed by atoms with van der Waals surface area (Å²) >= 11 is 0. The van der Waals surface area contributed by atoms with Gasteiger partial charge in [0.05, 0.1) is 17.5 Å². The number of hydrogen-bond donors (Lipinski definition) is 1. The lowest BCUT2D eigenvalue weighted by atomic mass is 10.1. The summed E-state index contributed by atoms with van der Waals surface area (Å²) in [5.74, 6) is 0. The van der Waals surface area contributed by atoms with E-state index in [4.69, 9.17) is 0 Å². The smallest absolute Gasteiger partial charge is 0.0956 e. The van der Waals surface area contributed by atoms with E-state index < -0.39 is 0 Å². The van der Waals surface area contributed by atoms with Crippen molar-refractivity contribution in [2.24, 2.45) is 7.05 Å². The molecule has 80 valence electrons. The largest absolute Gasteiger partial charge is 0.387 e. The number of rotatable bonds is 5. The zero-order valence-corrected chi connectivity index (χ0v) is 9.32. The number of hydrogen-bond acceptors (Lipinski definition) is 2. The third kappa shape index (κ3) is 2.58. The van der Waals surface area contributed by atoms with Crippen LogP contribution in [0.4, 0.5) is 0 Å². The van der Waals surface area contributed by atoms with Gasteiger partial charge in [-0.2, -0.15) is 5.10 Å². The van der Waals surface area contributed by atoms with E-state index in [9.17, 15) is 5.11 Å². The average molecular weight is 196 g/mol. The molecular formula is C11H20N2O. The van der Waals surface area contributed by atoms with Crippen molar-refractivity contribution in [2.75, 3.05) is 0 Å². The first-order valence-electron chi connectivity index (χ1n) is 5.39. The van der Waals surface area contributed by atoms with E-state index in [-0.39, 0.29) is 6.10 Å². The van der Waals surface area contributed by atoms with Crippen molar-refractivity contribution in [2.45, 2.75) is 45.6 Å². The molecule has 14 heavy (non-hydrogen) atoms. The second-order valence-corrected chi connectivity index (χ2v) is 3.70. The second kappa shape index (κ2) is 5.15. The Morgan fingerprint density at radius 2 is 2.21 bits per heavy atom. The van der Waals surface area contributed by atoms with Crippen LogP contribution in [0.15, 0.2) is 6.07 Å². The van der Waals surface area contributed by atoms with Crippen molar-refractivity contribution in [1.82, 2.24) is 9.78 Å². The van der Waals surface area contributed by atoms with Crippen LogP contribution in [-0.2, 0) is 13.5 Å². The van der Waals surface area contributed by atoms with E-state index in [2.05, 4.69) is 18.9 Å². The van der Waals surface area contributed by atoms with E-state index in [1.54, 1.807) is 4.68 Å². The summed E-state index contributed by atoms with van der Waals surface area (Å²) in [5, 5.41) is 14.2. The molecule has 0 aromatic carbocycles. The first kappa shape index (κ1) is 11.2.